The van der Waals surface area contributed by atoms with Crippen molar-refractivity contribution in [1.82, 2.24) is 9.21 Å². The maximum absolute atomic E-state index is 13.7. The second kappa shape index (κ2) is 6.93. The Kier molecular flexibility index (Phi) is 6.06. The molecule has 8 heteroatoms. The van der Waals surface area contributed by atoms with Crippen molar-refractivity contribution in [2.45, 2.75) is 11.3 Å². The molecule has 0 bridgehead atoms. The Bertz CT molecular complexity index is 556. The molecule has 0 aliphatic rings. The maximum Gasteiger partial charge on any atom is 0.246 e. The Morgan fingerprint density at radius 2 is 1.75 bits per heavy atom. The molecule has 0 unspecified atom stereocenters. The van der Waals surface area contributed by atoms with Crippen molar-refractivity contribution >= 4 is 26.0 Å². The quantitative estimate of drug-likeness (QED) is 0.771. The smallest absolute Gasteiger partial charge is 0.246 e. The molecule has 0 aromatic heterocycles. The standard InChI is InChI=1S/C12H17BrF2N2O2S/c1-16(2)5-4-6-17(3)20(18,19)12-10(13)7-9(14)8-11(12)15/h7-8H,4-6H2,1-3H3. The van der Waals surface area contributed by atoms with Crippen molar-refractivity contribution in [3.63, 3.8) is 0 Å². The fourth-order valence-electron chi connectivity index (χ4n) is 1.66. The summed E-state index contributed by atoms with van der Waals surface area (Å²) in [5.74, 6) is -1.93. The summed E-state index contributed by atoms with van der Waals surface area (Å²) < 4.78 is 52.3. The molecule has 0 saturated carbocycles. The molecule has 1 aromatic rings. The molecule has 0 saturated heterocycles. The normalized spacial score (nSPS) is 12.4. The summed E-state index contributed by atoms with van der Waals surface area (Å²) in [5, 5.41) is 0. The van der Waals surface area contributed by atoms with Gasteiger partial charge in [0.2, 0.25) is 10.0 Å². The molecule has 0 fully saturated rings. The van der Waals surface area contributed by atoms with E-state index in [1.807, 2.05) is 19.0 Å². The van der Waals surface area contributed by atoms with Gasteiger partial charge in [0.1, 0.15) is 16.5 Å². The van der Waals surface area contributed by atoms with Gasteiger partial charge in [-0.25, -0.2) is 21.5 Å². The summed E-state index contributed by atoms with van der Waals surface area (Å²) in [5.41, 5.74) is 0. The average molecular weight is 371 g/mol. The minimum absolute atomic E-state index is 0.116. The van der Waals surface area contributed by atoms with E-state index >= 15 is 0 Å². The number of halogens is 3. The second-order valence-corrected chi connectivity index (χ2v) is 7.52. The number of rotatable bonds is 6. The molecule has 0 aliphatic heterocycles. The first-order chi connectivity index (χ1) is 9.16. The first-order valence-corrected chi connectivity index (χ1v) is 8.15. The van der Waals surface area contributed by atoms with Gasteiger partial charge >= 0.3 is 0 Å². The third kappa shape index (κ3) is 4.21. The highest BCUT2D eigenvalue weighted by atomic mass is 79.9. The summed E-state index contributed by atoms with van der Waals surface area (Å²) >= 11 is 2.90. The van der Waals surface area contributed by atoms with Crippen LogP contribution in [-0.4, -0.2) is 51.9 Å². The molecule has 0 aliphatic carbocycles. The number of benzene rings is 1. The molecule has 4 nitrogen and oxygen atoms in total. The van der Waals surface area contributed by atoms with E-state index in [0.717, 1.165) is 10.4 Å². The molecular weight excluding hydrogens is 354 g/mol. The number of nitrogens with zero attached hydrogens (tertiary/aromatic N) is 2. The van der Waals surface area contributed by atoms with Crippen LogP contribution in [0.5, 0.6) is 0 Å². The predicted molar refractivity (Wildman–Crippen MR) is 77.0 cm³/mol. The van der Waals surface area contributed by atoms with Crippen molar-refractivity contribution in [2.24, 2.45) is 0 Å². The molecule has 0 spiro atoms. The molecule has 0 N–H and O–H groups in total. The van der Waals surface area contributed by atoms with Crippen LogP contribution in [-0.2, 0) is 10.0 Å². The number of sulfonamides is 1. The lowest BCUT2D eigenvalue weighted by molar-refractivity contribution is 0.369. The van der Waals surface area contributed by atoms with E-state index in [1.54, 1.807) is 0 Å². The van der Waals surface area contributed by atoms with Gasteiger partial charge in [0.25, 0.3) is 0 Å². The van der Waals surface area contributed by atoms with Gasteiger partial charge in [-0.15, -0.1) is 0 Å². The predicted octanol–water partition coefficient (Wildman–Crippen LogP) is 2.30. The molecule has 1 aromatic carbocycles. The van der Waals surface area contributed by atoms with Crippen LogP contribution in [0.25, 0.3) is 0 Å². The van der Waals surface area contributed by atoms with Crippen molar-refractivity contribution in [1.29, 1.82) is 0 Å². The lowest BCUT2D eigenvalue weighted by atomic mass is 10.3. The van der Waals surface area contributed by atoms with Crippen LogP contribution >= 0.6 is 15.9 Å². The van der Waals surface area contributed by atoms with Gasteiger partial charge in [0, 0.05) is 24.1 Å². The highest BCUT2D eigenvalue weighted by Crippen LogP contribution is 2.28. The zero-order valence-electron chi connectivity index (χ0n) is 11.5. The summed E-state index contributed by atoms with van der Waals surface area (Å²) in [4.78, 5) is 1.39. The van der Waals surface area contributed by atoms with Crippen molar-refractivity contribution in [3.8, 4) is 0 Å². The van der Waals surface area contributed by atoms with E-state index in [2.05, 4.69) is 15.9 Å². The Morgan fingerprint density at radius 3 is 2.25 bits per heavy atom. The lowest BCUT2D eigenvalue weighted by Gasteiger charge is -2.19. The molecule has 0 radical (unpaired) electrons. The Balaban J connectivity index is 2.99. The molecular formula is C12H17BrF2N2O2S. The zero-order chi connectivity index (χ0) is 15.5. The molecule has 1 rings (SSSR count). The highest BCUT2D eigenvalue weighted by Gasteiger charge is 2.27. The van der Waals surface area contributed by atoms with Crippen molar-refractivity contribution < 1.29 is 17.2 Å². The number of hydrogen-bond acceptors (Lipinski definition) is 3. The summed E-state index contributed by atoms with van der Waals surface area (Å²) in [6, 6.07) is 1.49. The van der Waals surface area contributed by atoms with Crippen LogP contribution in [0.15, 0.2) is 21.5 Å². The van der Waals surface area contributed by atoms with Gasteiger partial charge in [0.15, 0.2) is 0 Å². The van der Waals surface area contributed by atoms with E-state index in [4.69, 9.17) is 0 Å². The second-order valence-electron chi connectivity index (χ2n) is 4.68. The largest absolute Gasteiger partial charge is 0.309 e. The third-order valence-corrected chi connectivity index (χ3v) is 5.53. The van der Waals surface area contributed by atoms with Gasteiger partial charge in [-0.05, 0) is 49.1 Å². The van der Waals surface area contributed by atoms with E-state index < -0.39 is 26.6 Å². The van der Waals surface area contributed by atoms with E-state index in [9.17, 15) is 17.2 Å². The van der Waals surface area contributed by atoms with Crippen LogP contribution in [0.3, 0.4) is 0 Å². The molecule has 114 valence electrons. The Labute approximate surface area is 126 Å². The summed E-state index contributed by atoms with van der Waals surface area (Å²) in [7, 11) is 1.15. The molecule has 0 atom stereocenters. The van der Waals surface area contributed by atoms with Gasteiger partial charge in [-0.1, -0.05) is 0 Å². The van der Waals surface area contributed by atoms with Crippen LogP contribution < -0.4 is 0 Å². The van der Waals surface area contributed by atoms with Crippen LogP contribution in [0.1, 0.15) is 6.42 Å². The van der Waals surface area contributed by atoms with Crippen LogP contribution in [0, 0.1) is 11.6 Å². The molecule has 20 heavy (non-hydrogen) atoms. The van der Waals surface area contributed by atoms with Crippen molar-refractivity contribution in [2.75, 3.05) is 34.2 Å². The van der Waals surface area contributed by atoms with Gasteiger partial charge in [-0.2, -0.15) is 0 Å². The Morgan fingerprint density at radius 1 is 1.15 bits per heavy atom. The minimum atomic E-state index is -3.99. The Hall–Kier alpha value is -0.570. The summed E-state index contributed by atoms with van der Waals surface area (Å²) in [6.45, 7) is 0.969. The fraction of sp³-hybridized carbons (Fsp3) is 0.500. The first kappa shape index (κ1) is 17.5. The molecule has 0 heterocycles. The van der Waals surface area contributed by atoms with Gasteiger partial charge < -0.3 is 4.90 Å². The van der Waals surface area contributed by atoms with Gasteiger partial charge in [0.05, 0.1) is 0 Å². The van der Waals surface area contributed by atoms with Gasteiger partial charge in [-0.3, -0.25) is 0 Å². The van der Waals surface area contributed by atoms with E-state index in [1.165, 1.54) is 7.05 Å². The van der Waals surface area contributed by atoms with Crippen LogP contribution in [0.2, 0.25) is 0 Å². The van der Waals surface area contributed by atoms with E-state index in [-0.39, 0.29) is 11.0 Å². The lowest BCUT2D eigenvalue weighted by Crippen LogP contribution is -2.30. The minimum Gasteiger partial charge on any atom is -0.309 e. The fourth-order valence-corrected chi connectivity index (χ4v) is 3.97. The average Bonchev–Trinajstić information content (AvgIpc) is 2.26. The third-order valence-electron chi connectivity index (χ3n) is 2.71. The first-order valence-electron chi connectivity index (χ1n) is 5.92. The zero-order valence-corrected chi connectivity index (χ0v) is 13.9. The maximum atomic E-state index is 13.7. The van der Waals surface area contributed by atoms with E-state index in [0.29, 0.717) is 19.0 Å². The number of hydrogen-bond donors (Lipinski definition) is 0. The monoisotopic (exact) mass is 370 g/mol. The summed E-state index contributed by atoms with van der Waals surface area (Å²) in [6.07, 6.45) is 0.614. The molecule has 0 amide bonds. The SMILES string of the molecule is CN(C)CCCN(C)S(=O)(=O)c1c(F)cc(F)cc1Br. The van der Waals surface area contributed by atoms with Crippen LogP contribution in [0.4, 0.5) is 8.78 Å². The van der Waals surface area contributed by atoms with Crippen molar-refractivity contribution in [3.05, 3.63) is 28.2 Å². The topological polar surface area (TPSA) is 40.6 Å². The highest BCUT2D eigenvalue weighted by molar-refractivity contribution is 9.10.